The molecule has 0 bridgehead atoms. The van der Waals surface area contributed by atoms with Crippen molar-refractivity contribution in [3.63, 3.8) is 0 Å². The number of hydrogen-bond acceptors (Lipinski definition) is 3. The van der Waals surface area contributed by atoms with E-state index in [0.717, 1.165) is 65.0 Å². The summed E-state index contributed by atoms with van der Waals surface area (Å²) < 4.78 is 14.9. The van der Waals surface area contributed by atoms with E-state index >= 15 is 0 Å². The highest BCUT2D eigenvalue weighted by Gasteiger charge is 2.42. The van der Waals surface area contributed by atoms with Gasteiger partial charge in [0.05, 0.1) is 0 Å². The van der Waals surface area contributed by atoms with Gasteiger partial charge in [-0.15, -0.1) is 0 Å². The van der Waals surface area contributed by atoms with Crippen LogP contribution in [0.15, 0.2) is 0 Å². The molecule has 5 heteroatoms. The molecule has 0 aromatic rings. The Labute approximate surface area is 171 Å². The Kier molecular flexibility index (Phi) is 7.41. The van der Waals surface area contributed by atoms with E-state index in [1.165, 1.54) is 12.8 Å². The predicted molar refractivity (Wildman–Crippen MR) is 113 cm³/mol. The van der Waals surface area contributed by atoms with Crippen LogP contribution in [-0.2, 0) is 4.79 Å². The molecule has 0 radical (unpaired) electrons. The summed E-state index contributed by atoms with van der Waals surface area (Å²) in [5.74, 6) is 1.10. The number of likely N-dealkylation sites (tertiary alicyclic amines) is 3. The fourth-order valence-corrected chi connectivity index (χ4v) is 5.57. The third kappa shape index (κ3) is 5.08. The Hall–Kier alpha value is -0.680. The van der Waals surface area contributed by atoms with Crippen molar-refractivity contribution in [1.82, 2.24) is 14.7 Å². The van der Waals surface area contributed by atoms with Crippen LogP contribution in [0.25, 0.3) is 0 Å². The molecule has 3 aliphatic heterocycles. The minimum atomic E-state index is -0.712. The third-order valence-corrected chi connectivity index (χ3v) is 7.71. The van der Waals surface area contributed by atoms with Crippen LogP contribution in [0.2, 0.25) is 0 Å². The number of alkyl halides is 1. The van der Waals surface area contributed by atoms with Crippen molar-refractivity contribution in [3.8, 4) is 0 Å². The number of hydrogen-bond donors (Lipinski definition) is 0. The minimum Gasteiger partial charge on any atom is -0.342 e. The van der Waals surface area contributed by atoms with E-state index in [2.05, 4.69) is 35.5 Å². The van der Waals surface area contributed by atoms with E-state index < -0.39 is 6.17 Å². The summed E-state index contributed by atoms with van der Waals surface area (Å²) in [6, 6.07) is 0.118. The molecule has 0 aliphatic carbocycles. The summed E-state index contributed by atoms with van der Waals surface area (Å²) >= 11 is 0. The van der Waals surface area contributed by atoms with Crippen molar-refractivity contribution in [2.75, 3.05) is 45.8 Å². The van der Waals surface area contributed by atoms with Crippen LogP contribution in [0.1, 0.15) is 66.2 Å². The number of carbonyl (C=O) groups excluding carboxylic acids is 1. The zero-order valence-corrected chi connectivity index (χ0v) is 18.6. The maximum atomic E-state index is 14.9. The van der Waals surface area contributed by atoms with E-state index in [1.54, 1.807) is 0 Å². The molecule has 3 atom stereocenters. The van der Waals surface area contributed by atoms with Crippen LogP contribution in [-0.4, -0.2) is 78.6 Å². The monoisotopic (exact) mass is 395 g/mol. The van der Waals surface area contributed by atoms with E-state index in [4.69, 9.17) is 0 Å². The van der Waals surface area contributed by atoms with Gasteiger partial charge in [-0.2, -0.15) is 0 Å². The smallest absolute Gasteiger partial charge is 0.225 e. The van der Waals surface area contributed by atoms with Gasteiger partial charge in [-0.3, -0.25) is 9.69 Å². The molecule has 3 rings (SSSR count). The van der Waals surface area contributed by atoms with Gasteiger partial charge in [0.2, 0.25) is 5.91 Å². The number of carbonyl (C=O) groups is 1. The van der Waals surface area contributed by atoms with E-state index in [0.29, 0.717) is 23.8 Å². The van der Waals surface area contributed by atoms with E-state index in [-0.39, 0.29) is 12.0 Å². The van der Waals surface area contributed by atoms with Crippen molar-refractivity contribution < 1.29 is 9.18 Å². The van der Waals surface area contributed by atoms with Crippen LogP contribution in [0.3, 0.4) is 0 Å². The fourth-order valence-electron chi connectivity index (χ4n) is 5.57. The zero-order chi connectivity index (χ0) is 20.3. The first-order valence-corrected chi connectivity index (χ1v) is 11.7. The van der Waals surface area contributed by atoms with Gasteiger partial charge in [-0.05, 0) is 69.5 Å². The van der Waals surface area contributed by atoms with Gasteiger partial charge in [0.25, 0.3) is 0 Å². The number of rotatable bonds is 5. The van der Waals surface area contributed by atoms with Crippen LogP contribution in [0.4, 0.5) is 4.39 Å². The normalized spacial score (nSPS) is 30.7. The summed E-state index contributed by atoms with van der Waals surface area (Å²) in [7, 11) is 0. The van der Waals surface area contributed by atoms with Gasteiger partial charge in [0, 0.05) is 38.1 Å². The average molecular weight is 396 g/mol. The molecular formula is C23H42FN3O. The summed E-state index contributed by atoms with van der Waals surface area (Å²) in [6.45, 7) is 15.1. The van der Waals surface area contributed by atoms with Crippen molar-refractivity contribution in [3.05, 3.63) is 0 Å². The fraction of sp³-hybridized carbons (Fsp3) is 0.957. The number of amides is 1. The number of nitrogens with zero attached hydrogens (tertiary/aromatic N) is 3. The highest BCUT2D eigenvalue weighted by molar-refractivity contribution is 5.78. The molecule has 0 aromatic heterocycles. The van der Waals surface area contributed by atoms with Crippen LogP contribution < -0.4 is 0 Å². The van der Waals surface area contributed by atoms with Crippen molar-refractivity contribution in [1.29, 1.82) is 0 Å². The molecule has 0 N–H and O–H groups in total. The summed E-state index contributed by atoms with van der Waals surface area (Å²) in [6.07, 6.45) is 5.81. The van der Waals surface area contributed by atoms with Gasteiger partial charge >= 0.3 is 0 Å². The van der Waals surface area contributed by atoms with Crippen molar-refractivity contribution in [2.45, 2.75) is 78.4 Å². The Balaban J connectivity index is 1.46. The zero-order valence-electron chi connectivity index (χ0n) is 18.6. The largest absolute Gasteiger partial charge is 0.342 e. The maximum Gasteiger partial charge on any atom is 0.225 e. The van der Waals surface area contributed by atoms with Gasteiger partial charge in [-0.25, -0.2) is 4.39 Å². The molecule has 0 saturated carbocycles. The SMILES string of the molecule is CCC(C)C(=O)N1CCC2(CC1)CCN(C1CCN(CC(C)C)CC1F)CC2. The molecule has 3 heterocycles. The lowest BCUT2D eigenvalue weighted by atomic mass is 9.70. The highest BCUT2D eigenvalue weighted by Crippen LogP contribution is 2.42. The van der Waals surface area contributed by atoms with E-state index in [1.807, 2.05) is 6.92 Å². The standard InChI is InChI=1S/C23H42FN3O/c1-5-19(4)22(28)27-14-9-23(10-15-27)7-12-26(13-8-23)21-6-11-25(16-18(2)3)17-20(21)24/h18-21H,5-17H2,1-4H3. The summed E-state index contributed by atoms with van der Waals surface area (Å²) in [5.41, 5.74) is 0.396. The lowest BCUT2D eigenvalue weighted by Gasteiger charge is -2.50. The molecule has 3 saturated heterocycles. The Bertz CT molecular complexity index is 508. The Morgan fingerprint density at radius 3 is 2.18 bits per heavy atom. The summed E-state index contributed by atoms with van der Waals surface area (Å²) in [5, 5.41) is 0. The van der Waals surface area contributed by atoms with Crippen molar-refractivity contribution in [2.24, 2.45) is 17.3 Å². The van der Waals surface area contributed by atoms with E-state index in [9.17, 15) is 9.18 Å². The molecule has 1 spiro atoms. The number of halogens is 1. The summed E-state index contributed by atoms with van der Waals surface area (Å²) in [4.78, 5) is 19.3. The predicted octanol–water partition coefficient (Wildman–Crippen LogP) is 3.81. The van der Waals surface area contributed by atoms with Gasteiger partial charge in [0.15, 0.2) is 0 Å². The van der Waals surface area contributed by atoms with Gasteiger partial charge in [0.1, 0.15) is 6.17 Å². The molecule has 3 aliphatic rings. The second-order valence-corrected chi connectivity index (χ2v) is 10.2. The van der Waals surface area contributed by atoms with Crippen molar-refractivity contribution >= 4 is 5.91 Å². The highest BCUT2D eigenvalue weighted by atomic mass is 19.1. The van der Waals surface area contributed by atoms with Gasteiger partial charge in [-0.1, -0.05) is 27.7 Å². The molecule has 28 heavy (non-hydrogen) atoms. The molecular weight excluding hydrogens is 353 g/mol. The maximum absolute atomic E-state index is 14.9. The van der Waals surface area contributed by atoms with Crippen LogP contribution >= 0.6 is 0 Å². The molecule has 162 valence electrons. The second kappa shape index (κ2) is 9.42. The molecule has 0 aromatic carbocycles. The van der Waals surface area contributed by atoms with Crippen LogP contribution in [0, 0.1) is 17.3 Å². The lowest BCUT2D eigenvalue weighted by molar-refractivity contribution is -0.138. The minimum absolute atomic E-state index is 0.118. The Morgan fingerprint density at radius 2 is 1.64 bits per heavy atom. The van der Waals surface area contributed by atoms with Gasteiger partial charge < -0.3 is 9.80 Å². The van der Waals surface area contributed by atoms with Crippen LogP contribution in [0.5, 0.6) is 0 Å². The molecule has 3 fully saturated rings. The third-order valence-electron chi connectivity index (χ3n) is 7.71. The topological polar surface area (TPSA) is 26.8 Å². The second-order valence-electron chi connectivity index (χ2n) is 10.2. The lowest BCUT2D eigenvalue weighted by Crippen LogP contribution is -2.56. The quantitative estimate of drug-likeness (QED) is 0.708. The average Bonchev–Trinajstić information content (AvgIpc) is 2.68. The molecule has 3 unspecified atom stereocenters. The molecule has 1 amide bonds. The number of piperidine rings is 3. The first-order chi connectivity index (χ1) is 13.3. The molecule has 4 nitrogen and oxygen atoms in total. The first kappa shape index (κ1) is 22.0. The first-order valence-electron chi connectivity index (χ1n) is 11.7. The Morgan fingerprint density at radius 1 is 1.04 bits per heavy atom.